The van der Waals surface area contributed by atoms with E-state index in [1.54, 1.807) is 31.2 Å². The molecule has 1 heterocycles. The molecule has 152 valence electrons. The number of aromatic nitrogens is 2. The fourth-order valence-electron chi connectivity index (χ4n) is 3.05. The Labute approximate surface area is 170 Å². The number of nitrogens with one attached hydrogen (secondary N) is 1. The lowest BCUT2D eigenvalue weighted by Crippen LogP contribution is -2.44. The molecule has 1 N–H and O–H groups in total. The first-order valence-corrected chi connectivity index (χ1v) is 9.23. The molecular weight excluding hydrogens is 401 g/mol. The molecular formula is C20H19ClFN3O4. The van der Waals surface area contributed by atoms with Crippen molar-refractivity contribution in [3.05, 3.63) is 74.1 Å². The fourth-order valence-corrected chi connectivity index (χ4v) is 3.22. The summed E-state index contributed by atoms with van der Waals surface area (Å²) in [5, 5.41) is 2.70. The van der Waals surface area contributed by atoms with E-state index in [1.807, 2.05) is 0 Å². The van der Waals surface area contributed by atoms with Crippen molar-refractivity contribution in [2.24, 2.45) is 0 Å². The Morgan fingerprint density at radius 2 is 1.97 bits per heavy atom. The quantitative estimate of drug-likeness (QED) is 0.621. The summed E-state index contributed by atoms with van der Waals surface area (Å²) in [5.74, 6) is -1.08. The lowest BCUT2D eigenvalue weighted by molar-refractivity contribution is -0.124. The van der Waals surface area contributed by atoms with E-state index in [-0.39, 0.29) is 22.6 Å². The Balaban J connectivity index is 2.24. The van der Waals surface area contributed by atoms with Crippen LogP contribution in [0.3, 0.4) is 0 Å². The monoisotopic (exact) mass is 419 g/mol. The number of benzene rings is 2. The van der Waals surface area contributed by atoms with Gasteiger partial charge >= 0.3 is 5.69 Å². The fraction of sp³-hybridized carbons (Fsp3) is 0.250. The molecule has 3 aromatic rings. The normalized spacial score (nSPS) is 12.1. The van der Waals surface area contributed by atoms with Crippen LogP contribution in [0.1, 0.15) is 13.0 Å². The van der Waals surface area contributed by atoms with E-state index in [2.05, 4.69) is 5.32 Å². The van der Waals surface area contributed by atoms with Crippen molar-refractivity contribution < 1.29 is 13.9 Å². The van der Waals surface area contributed by atoms with Gasteiger partial charge in [0.25, 0.3) is 5.56 Å². The molecule has 1 unspecified atom stereocenters. The summed E-state index contributed by atoms with van der Waals surface area (Å²) in [7, 11) is 1.51. The van der Waals surface area contributed by atoms with E-state index in [0.717, 1.165) is 10.6 Å². The lowest BCUT2D eigenvalue weighted by Gasteiger charge is -2.19. The third-order valence-electron chi connectivity index (χ3n) is 4.53. The van der Waals surface area contributed by atoms with Crippen LogP contribution in [0.5, 0.6) is 0 Å². The molecule has 0 aliphatic carbocycles. The van der Waals surface area contributed by atoms with Crippen LogP contribution in [-0.2, 0) is 9.53 Å². The number of amides is 1. The summed E-state index contributed by atoms with van der Waals surface area (Å²) in [6.45, 7) is 2.16. The topological polar surface area (TPSA) is 82.3 Å². The van der Waals surface area contributed by atoms with Crippen LogP contribution in [0.15, 0.2) is 52.1 Å². The summed E-state index contributed by atoms with van der Waals surface area (Å²) < 4.78 is 20.6. The summed E-state index contributed by atoms with van der Waals surface area (Å²) in [5.41, 5.74) is -0.887. The molecule has 1 aromatic heterocycles. The van der Waals surface area contributed by atoms with Gasteiger partial charge in [-0.15, -0.1) is 0 Å². The van der Waals surface area contributed by atoms with Gasteiger partial charge in [0.1, 0.15) is 11.9 Å². The highest BCUT2D eigenvalue weighted by molar-refractivity contribution is 6.30. The maximum atomic E-state index is 13.6. The van der Waals surface area contributed by atoms with Gasteiger partial charge in [0.2, 0.25) is 5.91 Å². The number of halogens is 2. The average Bonchev–Trinajstić information content (AvgIpc) is 2.70. The van der Waals surface area contributed by atoms with Crippen LogP contribution in [-0.4, -0.2) is 35.3 Å². The largest absolute Gasteiger partial charge is 0.383 e. The Bertz CT molecular complexity index is 1190. The maximum absolute atomic E-state index is 13.6. The molecule has 0 bridgehead atoms. The third kappa shape index (κ3) is 3.94. The minimum Gasteiger partial charge on any atom is -0.383 e. The molecule has 0 fully saturated rings. The van der Waals surface area contributed by atoms with Gasteiger partial charge in [-0.2, -0.15) is 0 Å². The molecule has 29 heavy (non-hydrogen) atoms. The summed E-state index contributed by atoms with van der Waals surface area (Å²) in [6, 6.07) is 9.13. The number of nitrogens with zero attached hydrogens (tertiary/aromatic N) is 2. The standard InChI is InChI=1S/C20H19ClFN3O4/c1-12(18(26)23-9-10-29-2)24-17-6-4-3-5-14(17)19(27)25(20(24)28)13-7-8-16(22)15(21)11-13/h3-8,11-12H,9-10H2,1-2H3,(H,23,26). The third-order valence-corrected chi connectivity index (χ3v) is 4.82. The molecule has 0 radical (unpaired) electrons. The molecule has 3 rings (SSSR count). The van der Waals surface area contributed by atoms with E-state index in [9.17, 15) is 18.8 Å². The van der Waals surface area contributed by atoms with Gasteiger partial charge in [0.15, 0.2) is 0 Å². The van der Waals surface area contributed by atoms with Crippen LogP contribution in [0.2, 0.25) is 5.02 Å². The number of hydrogen-bond acceptors (Lipinski definition) is 4. The second kappa shape index (κ2) is 8.59. The average molecular weight is 420 g/mol. The molecule has 0 saturated carbocycles. The number of para-hydroxylation sites is 1. The molecule has 1 atom stereocenters. The second-order valence-electron chi connectivity index (χ2n) is 6.37. The number of hydrogen-bond donors (Lipinski definition) is 1. The van der Waals surface area contributed by atoms with Gasteiger partial charge < -0.3 is 10.1 Å². The van der Waals surface area contributed by atoms with Gasteiger partial charge in [-0.25, -0.2) is 13.8 Å². The lowest BCUT2D eigenvalue weighted by atomic mass is 10.2. The minimum atomic E-state index is -0.910. The van der Waals surface area contributed by atoms with Crippen molar-refractivity contribution in [2.75, 3.05) is 20.3 Å². The Morgan fingerprint density at radius 3 is 2.66 bits per heavy atom. The summed E-state index contributed by atoms with van der Waals surface area (Å²) in [6.07, 6.45) is 0. The van der Waals surface area contributed by atoms with Gasteiger partial charge in [-0.1, -0.05) is 23.7 Å². The van der Waals surface area contributed by atoms with Crippen LogP contribution >= 0.6 is 11.6 Å². The Hall–Kier alpha value is -2.97. The number of carbonyl (C=O) groups excluding carboxylic acids is 1. The van der Waals surface area contributed by atoms with E-state index >= 15 is 0 Å². The number of ether oxygens (including phenoxy) is 1. The van der Waals surface area contributed by atoms with Crippen LogP contribution in [0, 0.1) is 5.82 Å². The molecule has 0 saturated heterocycles. The summed E-state index contributed by atoms with van der Waals surface area (Å²) >= 11 is 5.84. The molecule has 9 heteroatoms. The number of methoxy groups -OCH3 is 1. The predicted molar refractivity (Wildman–Crippen MR) is 108 cm³/mol. The SMILES string of the molecule is COCCNC(=O)C(C)n1c(=O)n(-c2ccc(F)c(Cl)c2)c(=O)c2ccccc21. The van der Waals surface area contributed by atoms with Crippen molar-refractivity contribution in [2.45, 2.75) is 13.0 Å². The first-order chi connectivity index (χ1) is 13.9. The molecule has 1 amide bonds. The zero-order valence-electron chi connectivity index (χ0n) is 15.8. The Kier molecular flexibility index (Phi) is 6.14. The highest BCUT2D eigenvalue weighted by atomic mass is 35.5. The molecule has 7 nitrogen and oxygen atoms in total. The van der Waals surface area contributed by atoms with Crippen LogP contribution in [0.25, 0.3) is 16.6 Å². The number of fused-ring (bicyclic) bond motifs is 1. The highest BCUT2D eigenvalue weighted by Gasteiger charge is 2.22. The molecule has 2 aromatic carbocycles. The Morgan fingerprint density at radius 1 is 1.24 bits per heavy atom. The predicted octanol–water partition coefficient (Wildman–Crippen LogP) is 2.27. The van der Waals surface area contributed by atoms with Gasteiger partial charge in [0.05, 0.1) is 28.2 Å². The minimum absolute atomic E-state index is 0.109. The van der Waals surface area contributed by atoms with E-state index in [1.165, 1.54) is 23.8 Å². The van der Waals surface area contributed by atoms with Crippen molar-refractivity contribution >= 4 is 28.4 Å². The zero-order valence-corrected chi connectivity index (χ0v) is 16.6. The first-order valence-electron chi connectivity index (χ1n) is 8.85. The van der Waals surface area contributed by atoms with Crippen molar-refractivity contribution in [1.29, 1.82) is 0 Å². The number of rotatable bonds is 6. The van der Waals surface area contributed by atoms with E-state index in [4.69, 9.17) is 16.3 Å². The first kappa shape index (κ1) is 20.8. The molecule has 0 aliphatic rings. The van der Waals surface area contributed by atoms with Crippen LogP contribution in [0.4, 0.5) is 4.39 Å². The molecule has 0 spiro atoms. The van der Waals surface area contributed by atoms with Crippen molar-refractivity contribution in [3.63, 3.8) is 0 Å². The van der Waals surface area contributed by atoms with Gasteiger partial charge in [-0.3, -0.25) is 14.2 Å². The second-order valence-corrected chi connectivity index (χ2v) is 6.78. The maximum Gasteiger partial charge on any atom is 0.336 e. The smallest absolute Gasteiger partial charge is 0.336 e. The van der Waals surface area contributed by atoms with E-state index < -0.39 is 29.0 Å². The molecule has 0 aliphatic heterocycles. The van der Waals surface area contributed by atoms with E-state index in [0.29, 0.717) is 12.1 Å². The van der Waals surface area contributed by atoms with Crippen molar-refractivity contribution in [3.8, 4) is 5.69 Å². The summed E-state index contributed by atoms with van der Waals surface area (Å²) in [4.78, 5) is 38.8. The highest BCUT2D eigenvalue weighted by Crippen LogP contribution is 2.19. The number of carbonyl (C=O) groups is 1. The van der Waals surface area contributed by atoms with Gasteiger partial charge in [0, 0.05) is 13.7 Å². The van der Waals surface area contributed by atoms with Crippen molar-refractivity contribution in [1.82, 2.24) is 14.5 Å². The zero-order chi connectivity index (χ0) is 21.1. The van der Waals surface area contributed by atoms with Gasteiger partial charge in [-0.05, 0) is 37.3 Å². The van der Waals surface area contributed by atoms with Crippen LogP contribution < -0.4 is 16.6 Å².